The van der Waals surface area contributed by atoms with Gasteiger partial charge in [-0.25, -0.2) is 13.4 Å². The van der Waals surface area contributed by atoms with Gasteiger partial charge in [-0.15, -0.1) is 0 Å². The first kappa shape index (κ1) is 25.3. The lowest BCUT2D eigenvalue weighted by Crippen LogP contribution is -2.55. The van der Waals surface area contributed by atoms with Crippen molar-refractivity contribution in [1.82, 2.24) is 14.9 Å². The highest BCUT2D eigenvalue weighted by atomic mass is 35.5. The maximum atomic E-state index is 13.4. The molecule has 1 saturated heterocycles. The molecule has 0 unspecified atom stereocenters. The minimum Gasteiger partial charge on any atom is -0.368 e. The van der Waals surface area contributed by atoms with Gasteiger partial charge in [-0.3, -0.25) is 14.5 Å². The smallest absolute Gasteiger partial charge is 0.263 e. The number of halogens is 1. The van der Waals surface area contributed by atoms with Crippen molar-refractivity contribution in [1.29, 1.82) is 0 Å². The first-order valence-electron chi connectivity index (χ1n) is 12.3. The molecule has 37 heavy (non-hydrogen) atoms. The van der Waals surface area contributed by atoms with Crippen molar-refractivity contribution in [3.05, 3.63) is 71.6 Å². The quantitative estimate of drug-likeness (QED) is 0.502. The largest absolute Gasteiger partial charge is 0.368 e. The molecule has 0 saturated carbocycles. The maximum absolute atomic E-state index is 13.4. The van der Waals surface area contributed by atoms with Gasteiger partial charge < -0.3 is 14.7 Å². The van der Waals surface area contributed by atoms with Crippen LogP contribution in [-0.2, 0) is 21.2 Å². The average molecular weight is 545 g/mol. The molecule has 11 heteroatoms. The molecule has 2 aliphatic rings. The number of piperazine rings is 1. The van der Waals surface area contributed by atoms with Crippen molar-refractivity contribution >= 4 is 44.7 Å². The molecule has 0 bridgehead atoms. The number of aryl methyl sites for hydroxylation is 1. The lowest BCUT2D eigenvalue weighted by Gasteiger charge is -2.41. The van der Waals surface area contributed by atoms with E-state index in [1.165, 1.54) is 24.2 Å². The van der Waals surface area contributed by atoms with Crippen LogP contribution < -0.4 is 14.5 Å². The monoisotopic (exact) mass is 544 g/mol. The molecule has 0 spiro atoms. The lowest BCUT2D eigenvalue weighted by molar-refractivity contribution is -0.132. The number of nitrogens with zero attached hydrogens (tertiary/aromatic N) is 5. The number of nitrogens with one attached hydrogen (secondary N) is 1. The topological polar surface area (TPSA) is 98.7 Å². The van der Waals surface area contributed by atoms with E-state index in [1.54, 1.807) is 24.3 Å². The average Bonchev–Trinajstić information content (AvgIpc) is 2.92. The number of sulfonamides is 1. The summed E-state index contributed by atoms with van der Waals surface area (Å²) in [5.74, 6) is 0.289. The number of carbonyl (C=O) groups excluding carboxylic acids is 1. The molecule has 2 aliphatic heterocycles. The van der Waals surface area contributed by atoms with Crippen molar-refractivity contribution in [2.24, 2.45) is 0 Å². The fraction of sp³-hybridized carbons (Fsp3) is 0.346. The minimum atomic E-state index is -3.76. The number of amides is 1. The van der Waals surface area contributed by atoms with Crippen LogP contribution in [-0.4, -0.2) is 68.0 Å². The Morgan fingerprint density at radius 3 is 2.51 bits per heavy atom. The molecule has 1 aromatic heterocycles. The van der Waals surface area contributed by atoms with Crippen LogP contribution in [0.4, 0.5) is 17.2 Å². The SMILES string of the molecule is C[C@H](C(=O)N1CCN(c2ccc(S(=O)(=O)Nc3cnccn3)cc2)CC1)N1CCCc2cc(Cl)ccc21.[HH].[HH]. The van der Waals surface area contributed by atoms with Gasteiger partial charge in [0, 0.05) is 64.4 Å². The molecule has 0 radical (unpaired) electrons. The Morgan fingerprint density at radius 1 is 1.05 bits per heavy atom. The molecule has 198 valence electrons. The molecule has 9 nitrogen and oxygen atoms in total. The number of hydrogen-bond acceptors (Lipinski definition) is 7. The molecule has 5 rings (SSSR count). The zero-order chi connectivity index (χ0) is 26.0. The number of hydrogen-bond donors (Lipinski definition) is 1. The van der Waals surface area contributed by atoms with Crippen molar-refractivity contribution in [2.45, 2.75) is 30.7 Å². The Hall–Kier alpha value is -3.37. The normalized spacial score (nSPS) is 16.8. The Kier molecular flexibility index (Phi) is 7.21. The van der Waals surface area contributed by atoms with Gasteiger partial charge in [0.1, 0.15) is 6.04 Å². The van der Waals surface area contributed by atoms with Crippen molar-refractivity contribution in [3.8, 4) is 0 Å². The summed E-state index contributed by atoms with van der Waals surface area (Å²) in [5.41, 5.74) is 3.21. The van der Waals surface area contributed by atoms with E-state index in [4.69, 9.17) is 11.6 Å². The number of anilines is 3. The minimum absolute atomic E-state index is 0. The summed E-state index contributed by atoms with van der Waals surface area (Å²) in [4.78, 5) is 27.6. The van der Waals surface area contributed by atoms with Gasteiger partial charge in [-0.2, -0.15) is 0 Å². The highest BCUT2D eigenvalue weighted by Gasteiger charge is 2.31. The summed E-state index contributed by atoms with van der Waals surface area (Å²) in [7, 11) is -3.76. The van der Waals surface area contributed by atoms with E-state index in [-0.39, 0.29) is 25.5 Å². The van der Waals surface area contributed by atoms with Gasteiger partial charge in [0.2, 0.25) is 5.91 Å². The molecule has 0 aliphatic carbocycles. The third kappa shape index (κ3) is 5.50. The number of carbonyl (C=O) groups is 1. The van der Waals surface area contributed by atoms with Crippen LogP contribution in [0, 0.1) is 0 Å². The number of benzene rings is 2. The molecule has 3 aromatic rings. The van der Waals surface area contributed by atoms with Gasteiger partial charge in [0.05, 0.1) is 11.1 Å². The van der Waals surface area contributed by atoms with E-state index in [0.717, 1.165) is 35.8 Å². The molecule has 3 heterocycles. The highest BCUT2D eigenvalue weighted by molar-refractivity contribution is 7.92. The number of fused-ring (bicyclic) bond motifs is 1. The maximum Gasteiger partial charge on any atom is 0.263 e. The fourth-order valence-electron chi connectivity index (χ4n) is 4.96. The van der Waals surface area contributed by atoms with Crippen LogP contribution >= 0.6 is 11.6 Å². The van der Waals surface area contributed by atoms with E-state index < -0.39 is 10.0 Å². The van der Waals surface area contributed by atoms with Crippen LogP contribution in [0.2, 0.25) is 5.02 Å². The highest BCUT2D eigenvalue weighted by Crippen LogP contribution is 2.31. The number of rotatable bonds is 6. The van der Waals surface area contributed by atoms with E-state index in [1.807, 2.05) is 30.0 Å². The number of aromatic nitrogens is 2. The predicted molar refractivity (Wildman–Crippen MR) is 149 cm³/mol. The summed E-state index contributed by atoms with van der Waals surface area (Å²) in [6.07, 6.45) is 6.23. The zero-order valence-electron chi connectivity index (χ0n) is 20.5. The summed E-state index contributed by atoms with van der Waals surface area (Å²) >= 11 is 6.18. The lowest BCUT2D eigenvalue weighted by atomic mass is 10.00. The van der Waals surface area contributed by atoms with Crippen molar-refractivity contribution in [2.75, 3.05) is 47.2 Å². The Balaban J connectivity index is 0.00000210. The van der Waals surface area contributed by atoms with Gasteiger partial charge in [0.15, 0.2) is 5.82 Å². The molecule has 2 aromatic carbocycles. The molecular formula is C26H33ClN6O3S. The second-order valence-electron chi connectivity index (χ2n) is 9.25. The molecule has 1 amide bonds. The second-order valence-corrected chi connectivity index (χ2v) is 11.4. The van der Waals surface area contributed by atoms with E-state index >= 15 is 0 Å². The Bertz CT molecular complexity index is 1370. The molecule has 1 atom stereocenters. The molecule has 1 fully saturated rings. The summed E-state index contributed by atoms with van der Waals surface area (Å²) in [5, 5.41) is 0.725. The summed E-state index contributed by atoms with van der Waals surface area (Å²) < 4.78 is 27.7. The fourth-order valence-corrected chi connectivity index (χ4v) is 6.15. The van der Waals surface area contributed by atoms with Gasteiger partial charge in [0.25, 0.3) is 10.0 Å². The van der Waals surface area contributed by atoms with Crippen LogP contribution in [0.3, 0.4) is 0 Å². The Morgan fingerprint density at radius 2 is 1.81 bits per heavy atom. The zero-order valence-corrected chi connectivity index (χ0v) is 22.1. The van der Waals surface area contributed by atoms with Crippen LogP contribution in [0.25, 0.3) is 0 Å². The predicted octanol–water partition coefficient (Wildman–Crippen LogP) is 3.91. The molecular weight excluding hydrogens is 512 g/mol. The van der Waals surface area contributed by atoms with Gasteiger partial charge >= 0.3 is 0 Å². The van der Waals surface area contributed by atoms with Crippen LogP contribution in [0.5, 0.6) is 0 Å². The first-order chi connectivity index (χ1) is 17.8. The summed E-state index contributed by atoms with van der Waals surface area (Å²) in [6.45, 7) is 5.40. The second kappa shape index (κ2) is 10.5. The first-order valence-corrected chi connectivity index (χ1v) is 14.2. The summed E-state index contributed by atoms with van der Waals surface area (Å²) in [6, 6.07) is 12.4. The standard InChI is InChI=1S/C26H29ClN6O3S.2H2/c1-19(33-12-2-3-20-17-21(27)4-9-24(20)33)26(34)32-15-13-31(14-16-32)22-5-7-23(8-6-22)37(35,36)30-25-18-28-10-11-29-25;;/h4-11,17-19H,2-3,12-16H2,1H3,(H,29,30);2*1H/t19-;;/m1../s1. The van der Waals surface area contributed by atoms with Crippen molar-refractivity contribution < 1.29 is 16.1 Å². The third-order valence-corrected chi connectivity index (χ3v) is 8.53. The van der Waals surface area contributed by atoms with Crippen LogP contribution in [0.15, 0.2) is 66.0 Å². The molecule has 1 N–H and O–H groups in total. The Labute approximate surface area is 225 Å². The van der Waals surface area contributed by atoms with Crippen LogP contribution in [0.1, 0.15) is 21.8 Å². The van der Waals surface area contributed by atoms with E-state index in [9.17, 15) is 13.2 Å². The van der Waals surface area contributed by atoms with Gasteiger partial charge in [-0.1, -0.05) is 11.6 Å². The van der Waals surface area contributed by atoms with Crippen molar-refractivity contribution in [3.63, 3.8) is 0 Å². The van der Waals surface area contributed by atoms with Gasteiger partial charge in [-0.05, 0) is 67.8 Å². The third-order valence-electron chi connectivity index (χ3n) is 6.93. The van der Waals surface area contributed by atoms with E-state index in [0.29, 0.717) is 26.2 Å². The van der Waals surface area contributed by atoms with E-state index in [2.05, 4.69) is 24.5 Å².